The highest BCUT2D eigenvalue weighted by Crippen LogP contribution is 2.30. The number of benzene rings is 1. The first-order valence-electron chi connectivity index (χ1n) is 8.62. The maximum absolute atomic E-state index is 12.7. The molecule has 1 aliphatic heterocycles. The number of rotatable bonds is 5. The van der Waals surface area contributed by atoms with Crippen molar-refractivity contribution in [3.8, 4) is 5.75 Å². The Morgan fingerprint density at radius 3 is 2.75 bits per heavy atom. The van der Waals surface area contributed by atoms with Crippen LogP contribution in [0.15, 0.2) is 24.3 Å². The van der Waals surface area contributed by atoms with E-state index in [1.54, 1.807) is 12.0 Å². The van der Waals surface area contributed by atoms with Gasteiger partial charge in [0.05, 0.1) is 19.7 Å². The molecule has 1 aromatic rings. The molecule has 0 radical (unpaired) electrons. The lowest BCUT2D eigenvalue weighted by atomic mass is 9.80. The Morgan fingerprint density at radius 2 is 2.12 bits per heavy atom. The number of nitrogens with zero attached hydrogens (tertiary/aromatic N) is 2. The minimum Gasteiger partial charge on any atom is -0.496 e. The van der Waals surface area contributed by atoms with Gasteiger partial charge in [0.25, 0.3) is 0 Å². The lowest BCUT2D eigenvalue weighted by Crippen LogP contribution is -2.54. The van der Waals surface area contributed by atoms with Crippen LogP contribution in [0.2, 0.25) is 0 Å². The van der Waals surface area contributed by atoms with E-state index in [2.05, 4.69) is 18.7 Å². The minimum absolute atomic E-state index is 0.0336. The number of piperidine rings is 1. The van der Waals surface area contributed by atoms with E-state index in [1.165, 1.54) is 0 Å². The summed E-state index contributed by atoms with van der Waals surface area (Å²) in [6.45, 7) is 8.56. The first-order valence-corrected chi connectivity index (χ1v) is 8.62. The standard InChI is InChI=1S/C19H31N3O2/c1-14(15-8-6-7-9-16(15)24-5)21(4)18(23)12-22-11-10-17(20)19(2,3)13-22/h6-9,14,17H,10-13,20H2,1-5H3. The lowest BCUT2D eigenvalue weighted by Gasteiger charge is -2.42. The van der Waals surface area contributed by atoms with Crippen LogP contribution in [0, 0.1) is 5.41 Å². The number of para-hydroxylation sites is 1. The molecule has 5 nitrogen and oxygen atoms in total. The maximum Gasteiger partial charge on any atom is 0.236 e. The number of carbonyl (C=O) groups is 1. The molecule has 0 bridgehead atoms. The van der Waals surface area contributed by atoms with E-state index in [-0.39, 0.29) is 23.4 Å². The van der Waals surface area contributed by atoms with E-state index in [0.717, 1.165) is 30.8 Å². The van der Waals surface area contributed by atoms with Crippen molar-refractivity contribution in [3.63, 3.8) is 0 Å². The van der Waals surface area contributed by atoms with E-state index in [1.807, 2.05) is 38.2 Å². The number of likely N-dealkylation sites (tertiary alicyclic amines) is 1. The van der Waals surface area contributed by atoms with Gasteiger partial charge in [-0.3, -0.25) is 9.69 Å². The molecule has 2 atom stereocenters. The predicted octanol–water partition coefficient (Wildman–Crippen LogP) is 2.27. The molecule has 2 unspecified atom stereocenters. The predicted molar refractivity (Wildman–Crippen MR) is 97.0 cm³/mol. The van der Waals surface area contributed by atoms with Crippen molar-refractivity contribution < 1.29 is 9.53 Å². The van der Waals surface area contributed by atoms with Crippen molar-refractivity contribution >= 4 is 5.91 Å². The summed E-state index contributed by atoms with van der Waals surface area (Å²) in [5, 5.41) is 0. The Balaban J connectivity index is 2.01. The summed E-state index contributed by atoms with van der Waals surface area (Å²) in [5.74, 6) is 0.939. The third-order valence-corrected chi connectivity index (χ3v) is 5.31. The zero-order valence-electron chi connectivity index (χ0n) is 15.6. The van der Waals surface area contributed by atoms with Crippen molar-refractivity contribution in [1.82, 2.24) is 9.80 Å². The molecule has 2 rings (SSSR count). The summed E-state index contributed by atoms with van der Waals surface area (Å²) in [6, 6.07) is 8.02. The van der Waals surface area contributed by atoms with Gasteiger partial charge in [0.1, 0.15) is 5.75 Å². The Hall–Kier alpha value is -1.59. The van der Waals surface area contributed by atoms with Crippen LogP contribution < -0.4 is 10.5 Å². The molecule has 1 saturated heterocycles. The molecule has 5 heteroatoms. The zero-order chi connectivity index (χ0) is 17.9. The third-order valence-electron chi connectivity index (χ3n) is 5.31. The Bertz CT molecular complexity index is 573. The Labute approximate surface area is 145 Å². The van der Waals surface area contributed by atoms with E-state index in [0.29, 0.717) is 6.54 Å². The fourth-order valence-electron chi connectivity index (χ4n) is 3.36. The molecular weight excluding hydrogens is 302 g/mol. The van der Waals surface area contributed by atoms with Crippen molar-refractivity contribution in [2.75, 3.05) is 33.8 Å². The van der Waals surface area contributed by atoms with Crippen LogP contribution in [0.4, 0.5) is 0 Å². The highest BCUT2D eigenvalue weighted by atomic mass is 16.5. The number of likely N-dealkylation sites (N-methyl/N-ethyl adjacent to an activating group) is 1. The Kier molecular flexibility index (Phi) is 5.88. The number of amides is 1. The van der Waals surface area contributed by atoms with Gasteiger partial charge < -0.3 is 15.4 Å². The quantitative estimate of drug-likeness (QED) is 0.898. The van der Waals surface area contributed by atoms with Crippen molar-refractivity contribution in [2.45, 2.75) is 39.3 Å². The first-order chi connectivity index (χ1) is 11.3. The average Bonchev–Trinajstić information content (AvgIpc) is 2.56. The summed E-state index contributed by atoms with van der Waals surface area (Å²) in [4.78, 5) is 16.8. The number of hydrogen-bond donors (Lipinski definition) is 1. The normalized spacial score (nSPS) is 22.0. The molecule has 0 aromatic heterocycles. The molecule has 1 heterocycles. The van der Waals surface area contributed by atoms with Crippen molar-refractivity contribution in [2.24, 2.45) is 11.1 Å². The van der Waals surface area contributed by atoms with E-state index in [9.17, 15) is 4.79 Å². The van der Waals surface area contributed by atoms with Crippen LogP contribution in [0.3, 0.4) is 0 Å². The minimum atomic E-state index is -0.0336. The van der Waals surface area contributed by atoms with Crippen LogP contribution in [0.5, 0.6) is 5.75 Å². The molecule has 0 saturated carbocycles. The van der Waals surface area contributed by atoms with Gasteiger partial charge >= 0.3 is 0 Å². The van der Waals surface area contributed by atoms with Gasteiger partial charge in [-0.2, -0.15) is 0 Å². The maximum atomic E-state index is 12.7. The van der Waals surface area contributed by atoms with Gasteiger partial charge in [-0.05, 0) is 24.8 Å². The van der Waals surface area contributed by atoms with Crippen LogP contribution in [-0.4, -0.2) is 55.5 Å². The van der Waals surface area contributed by atoms with E-state index in [4.69, 9.17) is 10.5 Å². The fourth-order valence-corrected chi connectivity index (χ4v) is 3.36. The lowest BCUT2D eigenvalue weighted by molar-refractivity contribution is -0.133. The zero-order valence-corrected chi connectivity index (χ0v) is 15.6. The second kappa shape index (κ2) is 7.53. The molecule has 0 aliphatic carbocycles. The van der Waals surface area contributed by atoms with Gasteiger partial charge in [-0.15, -0.1) is 0 Å². The van der Waals surface area contributed by atoms with E-state index < -0.39 is 0 Å². The first kappa shape index (κ1) is 18.7. The average molecular weight is 333 g/mol. The van der Waals surface area contributed by atoms with Gasteiger partial charge in [0.15, 0.2) is 0 Å². The van der Waals surface area contributed by atoms with Gasteiger partial charge in [0, 0.05) is 31.7 Å². The molecule has 2 N–H and O–H groups in total. The van der Waals surface area contributed by atoms with Crippen LogP contribution in [-0.2, 0) is 4.79 Å². The molecule has 134 valence electrons. The molecule has 1 fully saturated rings. The van der Waals surface area contributed by atoms with Gasteiger partial charge in [-0.1, -0.05) is 32.0 Å². The number of methoxy groups -OCH3 is 1. The summed E-state index contributed by atoms with van der Waals surface area (Å²) < 4.78 is 5.42. The van der Waals surface area contributed by atoms with Crippen LogP contribution >= 0.6 is 0 Å². The monoisotopic (exact) mass is 333 g/mol. The molecule has 1 amide bonds. The highest BCUT2D eigenvalue weighted by Gasteiger charge is 2.34. The smallest absolute Gasteiger partial charge is 0.236 e. The topological polar surface area (TPSA) is 58.8 Å². The van der Waals surface area contributed by atoms with Gasteiger partial charge in [0.2, 0.25) is 5.91 Å². The summed E-state index contributed by atoms with van der Waals surface area (Å²) in [7, 11) is 3.52. The van der Waals surface area contributed by atoms with Crippen molar-refractivity contribution in [1.29, 1.82) is 0 Å². The second-order valence-corrected chi connectivity index (χ2v) is 7.52. The number of ether oxygens (including phenoxy) is 1. The summed E-state index contributed by atoms with van der Waals surface area (Å²) >= 11 is 0. The van der Waals surface area contributed by atoms with E-state index >= 15 is 0 Å². The fraction of sp³-hybridized carbons (Fsp3) is 0.632. The number of hydrogen-bond acceptors (Lipinski definition) is 4. The summed E-state index contributed by atoms with van der Waals surface area (Å²) in [6.07, 6.45) is 0.937. The van der Waals surface area contributed by atoms with Crippen LogP contribution in [0.1, 0.15) is 38.8 Å². The SMILES string of the molecule is COc1ccccc1C(C)N(C)C(=O)CN1CCC(N)C(C)(C)C1. The molecular formula is C19H31N3O2. The van der Waals surface area contributed by atoms with Crippen molar-refractivity contribution in [3.05, 3.63) is 29.8 Å². The summed E-state index contributed by atoms with van der Waals surface area (Å²) in [5.41, 5.74) is 7.26. The molecule has 1 aliphatic rings. The highest BCUT2D eigenvalue weighted by molar-refractivity contribution is 5.78. The number of nitrogens with two attached hydrogens (primary N) is 1. The number of carbonyl (C=O) groups excluding carboxylic acids is 1. The van der Waals surface area contributed by atoms with Crippen LogP contribution in [0.25, 0.3) is 0 Å². The van der Waals surface area contributed by atoms with Gasteiger partial charge in [-0.25, -0.2) is 0 Å². The molecule has 0 spiro atoms. The molecule has 1 aromatic carbocycles. The third kappa shape index (κ3) is 4.08. The Morgan fingerprint density at radius 1 is 1.46 bits per heavy atom. The second-order valence-electron chi connectivity index (χ2n) is 7.52. The molecule has 24 heavy (non-hydrogen) atoms. The largest absolute Gasteiger partial charge is 0.496 e.